The first-order valence-electron chi connectivity index (χ1n) is 8.67. The Morgan fingerprint density at radius 1 is 1.04 bits per heavy atom. The number of ether oxygens (including phenoxy) is 2. The molecule has 0 bridgehead atoms. The average molecular weight is 340 g/mol. The molecule has 25 heavy (non-hydrogen) atoms. The number of piperazine rings is 1. The normalized spacial score (nSPS) is 15.5. The van der Waals surface area contributed by atoms with E-state index in [1.165, 1.54) is 5.56 Å². The molecule has 1 saturated heterocycles. The zero-order valence-corrected chi connectivity index (χ0v) is 14.9. The standard InChI is InChI=1S/C20H25N3O2/c1-24-19-9-8-18(20(14-19)25-2)15-21-23-12-10-22(11-13-23)16-17-6-4-3-5-7-17/h3-9,14-15H,10-13,16H2,1-2H3/p+1/b21-15+. The van der Waals surface area contributed by atoms with E-state index in [2.05, 4.69) is 40.4 Å². The van der Waals surface area contributed by atoms with E-state index in [0.717, 1.165) is 49.8 Å². The van der Waals surface area contributed by atoms with E-state index in [4.69, 9.17) is 9.47 Å². The van der Waals surface area contributed by atoms with Crippen molar-refractivity contribution in [1.82, 2.24) is 5.01 Å². The second kappa shape index (κ2) is 8.53. The maximum absolute atomic E-state index is 5.42. The molecule has 0 aliphatic carbocycles. The van der Waals surface area contributed by atoms with Crippen molar-refractivity contribution in [2.24, 2.45) is 5.10 Å². The summed E-state index contributed by atoms with van der Waals surface area (Å²) in [7, 11) is 3.32. The molecule has 1 aliphatic heterocycles. The molecule has 132 valence electrons. The number of rotatable bonds is 6. The Morgan fingerprint density at radius 3 is 2.48 bits per heavy atom. The van der Waals surface area contributed by atoms with Crippen LogP contribution in [0.4, 0.5) is 0 Å². The van der Waals surface area contributed by atoms with Crippen LogP contribution in [0, 0.1) is 0 Å². The van der Waals surface area contributed by atoms with Gasteiger partial charge in [-0.3, -0.25) is 5.01 Å². The highest BCUT2D eigenvalue weighted by atomic mass is 16.5. The van der Waals surface area contributed by atoms with Gasteiger partial charge in [-0.15, -0.1) is 0 Å². The molecule has 3 rings (SSSR count). The Morgan fingerprint density at radius 2 is 1.80 bits per heavy atom. The van der Waals surface area contributed by atoms with Crippen LogP contribution in [-0.2, 0) is 6.54 Å². The van der Waals surface area contributed by atoms with Crippen LogP contribution in [0.15, 0.2) is 53.6 Å². The maximum Gasteiger partial charge on any atom is 0.131 e. The van der Waals surface area contributed by atoms with Gasteiger partial charge in [0.05, 0.1) is 46.6 Å². The summed E-state index contributed by atoms with van der Waals surface area (Å²) in [6.45, 7) is 5.23. The van der Waals surface area contributed by atoms with Gasteiger partial charge in [0.25, 0.3) is 0 Å². The van der Waals surface area contributed by atoms with E-state index in [1.54, 1.807) is 19.1 Å². The molecule has 5 heteroatoms. The zero-order valence-electron chi connectivity index (χ0n) is 14.9. The van der Waals surface area contributed by atoms with E-state index in [0.29, 0.717) is 0 Å². The van der Waals surface area contributed by atoms with Crippen LogP contribution in [0.25, 0.3) is 0 Å². The highest BCUT2D eigenvalue weighted by Gasteiger charge is 2.18. The van der Waals surface area contributed by atoms with E-state index >= 15 is 0 Å². The minimum absolute atomic E-state index is 0.774. The van der Waals surface area contributed by atoms with E-state index in [1.807, 2.05) is 24.4 Å². The summed E-state index contributed by atoms with van der Waals surface area (Å²) in [5.41, 5.74) is 2.36. The largest absolute Gasteiger partial charge is 0.497 e. The summed E-state index contributed by atoms with van der Waals surface area (Å²) < 4.78 is 10.6. The van der Waals surface area contributed by atoms with Gasteiger partial charge in [-0.2, -0.15) is 5.10 Å². The summed E-state index contributed by atoms with van der Waals surface area (Å²) >= 11 is 0. The molecule has 2 aromatic rings. The molecule has 1 fully saturated rings. The molecule has 0 aromatic heterocycles. The molecule has 2 aromatic carbocycles. The molecule has 0 spiro atoms. The van der Waals surface area contributed by atoms with Crippen LogP contribution in [0.1, 0.15) is 11.1 Å². The Kier molecular flexibility index (Phi) is 5.90. The van der Waals surface area contributed by atoms with Crippen LogP contribution in [0.2, 0.25) is 0 Å². The fourth-order valence-corrected chi connectivity index (χ4v) is 3.06. The van der Waals surface area contributed by atoms with Crippen molar-refractivity contribution in [2.75, 3.05) is 40.4 Å². The third-order valence-corrected chi connectivity index (χ3v) is 4.54. The Bertz CT molecular complexity index is 695. The lowest BCUT2D eigenvalue weighted by molar-refractivity contribution is -0.918. The molecule has 0 saturated carbocycles. The number of quaternary nitrogens is 1. The molecule has 0 unspecified atom stereocenters. The van der Waals surface area contributed by atoms with Crippen LogP contribution < -0.4 is 14.4 Å². The molecule has 1 heterocycles. The summed E-state index contributed by atoms with van der Waals surface area (Å²) in [6.07, 6.45) is 1.88. The number of nitrogens with zero attached hydrogens (tertiary/aromatic N) is 2. The fraction of sp³-hybridized carbons (Fsp3) is 0.350. The minimum Gasteiger partial charge on any atom is -0.497 e. The van der Waals surface area contributed by atoms with E-state index in [9.17, 15) is 0 Å². The number of benzene rings is 2. The number of hydrogen-bond donors (Lipinski definition) is 1. The summed E-state index contributed by atoms with van der Waals surface area (Å²) in [6, 6.07) is 16.5. The summed E-state index contributed by atoms with van der Waals surface area (Å²) in [4.78, 5) is 1.61. The van der Waals surface area contributed by atoms with Gasteiger partial charge in [0.1, 0.15) is 18.0 Å². The molecule has 1 aliphatic rings. The smallest absolute Gasteiger partial charge is 0.131 e. The maximum atomic E-state index is 5.42. The van der Waals surface area contributed by atoms with Crippen molar-refractivity contribution in [3.63, 3.8) is 0 Å². The van der Waals surface area contributed by atoms with Crippen LogP contribution in [0.3, 0.4) is 0 Å². The molecule has 1 N–H and O–H groups in total. The third kappa shape index (κ3) is 4.73. The number of nitrogens with one attached hydrogen (secondary N) is 1. The predicted octanol–water partition coefficient (Wildman–Crippen LogP) is 1.44. The van der Waals surface area contributed by atoms with Gasteiger partial charge in [-0.05, 0) is 12.1 Å². The SMILES string of the molecule is COc1ccc(/C=N/N2CC[NH+](Cc3ccccc3)CC2)c(OC)c1. The van der Waals surface area contributed by atoms with Gasteiger partial charge < -0.3 is 14.4 Å². The van der Waals surface area contributed by atoms with Crippen LogP contribution in [-0.4, -0.2) is 51.6 Å². The zero-order chi connectivity index (χ0) is 17.5. The molecule has 0 atom stereocenters. The lowest BCUT2D eigenvalue weighted by atomic mass is 10.2. The van der Waals surface area contributed by atoms with E-state index < -0.39 is 0 Å². The van der Waals surface area contributed by atoms with Crippen LogP contribution >= 0.6 is 0 Å². The van der Waals surface area contributed by atoms with Gasteiger partial charge in [0.2, 0.25) is 0 Å². The number of hydrazone groups is 1. The van der Waals surface area contributed by atoms with Gasteiger partial charge in [0, 0.05) is 17.2 Å². The first-order chi connectivity index (χ1) is 12.3. The number of methoxy groups -OCH3 is 2. The first-order valence-corrected chi connectivity index (χ1v) is 8.67. The van der Waals surface area contributed by atoms with Gasteiger partial charge in [-0.25, -0.2) is 0 Å². The first kappa shape index (κ1) is 17.3. The Balaban J connectivity index is 1.54. The Hall–Kier alpha value is -2.53. The van der Waals surface area contributed by atoms with Crippen molar-refractivity contribution < 1.29 is 14.4 Å². The highest BCUT2D eigenvalue weighted by Crippen LogP contribution is 2.23. The molecule has 0 radical (unpaired) electrons. The topological polar surface area (TPSA) is 38.5 Å². The lowest BCUT2D eigenvalue weighted by Crippen LogP contribution is -3.13. The number of hydrogen-bond acceptors (Lipinski definition) is 4. The van der Waals surface area contributed by atoms with Crippen molar-refractivity contribution in [1.29, 1.82) is 0 Å². The second-order valence-corrected chi connectivity index (χ2v) is 6.22. The van der Waals surface area contributed by atoms with Crippen molar-refractivity contribution in [3.8, 4) is 11.5 Å². The second-order valence-electron chi connectivity index (χ2n) is 6.22. The van der Waals surface area contributed by atoms with Gasteiger partial charge in [-0.1, -0.05) is 30.3 Å². The fourth-order valence-electron chi connectivity index (χ4n) is 3.06. The lowest BCUT2D eigenvalue weighted by Gasteiger charge is -2.30. The summed E-state index contributed by atoms with van der Waals surface area (Å²) in [5, 5.41) is 6.77. The van der Waals surface area contributed by atoms with Crippen LogP contribution in [0.5, 0.6) is 11.5 Å². The van der Waals surface area contributed by atoms with Crippen molar-refractivity contribution in [3.05, 3.63) is 59.7 Å². The van der Waals surface area contributed by atoms with Crippen molar-refractivity contribution in [2.45, 2.75) is 6.54 Å². The molecule has 5 nitrogen and oxygen atoms in total. The van der Waals surface area contributed by atoms with Gasteiger partial charge in [0.15, 0.2) is 0 Å². The average Bonchev–Trinajstić information content (AvgIpc) is 2.68. The molecular formula is C20H26N3O2+. The predicted molar refractivity (Wildman–Crippen MR) is 99.6 cm³/mol. The quantitative estimate of drug-likeness (QED) is 0.809. The van der Waals surface area contributed by atoms with E-state index in [-0.39, 0.29) is 0 Å². The Labute approximate surface area is 149 Å². The third-order valence-electron chi connectivity index (χ3n) is 4.54. The van der Waals surface area contributed by atoms with Gasteiger partial charge >= 0.3 is 0 Å². The highest BCUT2D eigenvalue weighted by molar-refractivity contribution is 5.83. The molecular weight excluding hydrogens is 314 g/mol. The van der Waals surface area contributed by atoms with Crippen molar-refractivity contribution >= 4 is 6.21 Å². The minimum atomic E-state index is 0.774. The molecule has 0 amide bonds. The summed E-state index contributed by atoms with van der Waals surface area (Å²) in [5.74, 6) is 1.56. The monoisotopic (exact) mass is 340 g/mol.